The molecule has 2 heterocycles. The number of ether oxygens (including phenoxy) is 2. The highest BCUT2D eigenvalue weighted by atomic mass is 35.5. The number of rotatable bonds is 3. The van der Waals surface area contributed by atoms with Crippen molar-refractivity contribution >= 4 is 17.9 Å². The van der Waals surface area contributed by atoms with E-state index in [1.807, 2.05) is 0 Å². The van der Waals surface area contributed by atoms with Gasteiger partial charge in [0.1, 0.15) is 6.10 Å². The smallest absolute Gasteiger partial charge is 0.224 e. The number of nitrogens with zero attached hydrogens (tertiary/aromatic N) is 1. The summed E-state index contributed by atoms with van der Waals surface area (Å²) in [5, 5.41) is 0.421. The molecule has 1 fully saturated rings. The van der Waals surface area contributed by atoms with Crippen LogP contribution in [0.2, 0.25) is 5.02 Å². The van der Waals surface area contributed by atoms with Crippen LogP contribution in [0.15, 0.2) is 12.3 Å². The molecule has 1 aliphatic rings. The zero-order valence-corrected chi connectivity index (χ0v) is 8.03. The summed E-state index contributed by atoms with van der Waals surface area (Å²) in [5.41, 5.74) is 0.365. The lowest BCUT2D eigenvalue weighted by Crippen LogP contribution is -2.39. The fourth-order valence-electron chi connectivity index (χ4n) is 1.07. The van der Waals surface area contributed by atoms with Gasteiger partial charge < -0.3 is 9.47 Å². The van der Waals surface area contributed by atoms with Crippen LogP contribution in [0.3, 0.4) is 0 Å². The van der Waals surface area contributed by atoms with E-state index >= 15 is 0 Å². The zero-order chi connectivity index (χ0) is 9.97. The number of aldehydes is 1. The van der Waals surface area contributed by atoms with Gasteiger partial charge >= 0.3 is 0 Å². The first kappa shape index (κ1) is 9.43. The van der Waals surface area contributed by atoms with E-state index < -0.39 is 0 Å². The van der Waals surface area contributed by atoms with E-state index in [4.69, 9.17) is 21.1 Å². The lowest BCUT2D eigenvalue weighted by Gasteiger charge is -2.26. The standard InChI is InChI=1S/C9H8ClNO3/c10-7-1-6(3-12)9(11-2-7)14-8-4-13-5-8/h1-3,8H,4-5H2. The number of carbonyl (C=O) groups excluding carboxylic acids is 1. The van der Waals surface area contributed by atoms with Crippen LogP contribution in [0.1, 0.15) is 10.4 Å². The first-order valence-corrected chi connectivity index (χ1v) is 4.52. The first-order chi connectivity index (χ1) is 6.79. The molecule has 0 spiro atoms. The van der Waals surface area contributed by atoms with Crippen LogP contribution in [-0.2, 0) is 4.74 Å². The van der Waals surface area contributed by atoms with E-state index in [2.05, 4.69) is 4.98 Å². The Morgan fingerprint density at radius 1 is 1.64 bits per heavy atom. The fourth-order valence-corrected chi connectivity index (χ4v) is 1.23. The zero-order valence-electron chi connectivity index (χ0n) is 7.27. The average Bonchev–Trinajstić information content (AvgIpc) is 2.13. The van der Waals surface area contributed by atoms with Gasteiger partial charge in [0.25, 0.3) is 0 Å². The summed E-state index contributed by atoms with van der Waals surface area (Å²) in [6.45, 7) is 1.09. The maximum absolute atomic E-state index is 10.7. The third-order valence-electron chi connectivity index (χ3n) is 1.86. The Labute approximate surface area is 85.8 Å². The molecule has 0 saturated carbocycles. The van der Waals surface area contributed by atoms with Gasteiger partial charge in [-0.1, -0.05) is 11.6 Å². The molecule has 0 aromatic carbocycles. The van der Waals surface area contributed by atoms with Gasteiger partial charge in [-0.3, -0.25) is 4.79 Å². The average molecular weight is 214 g/mol. The van der Waals surface area contributed by atoms with Crippen molar-refractivity contribution in [2.24, 2.45) is 0 Å². The molecule has 0 unspecified atom stereocenters. The molecule has 0 radical (unpaired) electrons. The van der Waals surface area contributed by atoms with Crippen LogP contribution in [0, 0.1) is 0 Å². The monoisotopic (exact) mass is 213 g/mol. The Hall–Kier alpha value is -1.13. The second-order valence-electron chi connectivity index (χ2n) is 2.94. The highest BCUT2D eigenvalue weighted by molar-refractivity contribution is 6.30. The SMILES string of the molecule is O=Cc1cc(Cl)cnc1OC1COC1. The van der Waals surface area contributed by atoms with Crippen molar-refractivity contribution in [3.8, 4) is 5.88 Å². The second kappa shape index (κ2) is 3.94. The Morgan fingerprint density at radius 3 is 3.00 bits per heavy atom. The minimum absolute atomic E-state index is 0.00220. The number of aromatic nitrogens is 1. The van der Waals surface area contributed by atoms with E-state index in [9.17, 15) is 4.79 Å². The molecular weight excluding hydrogens is 206 g/mol. The molecule has 2 rings (SSSR count). The van der Waals surface area contributed by atoms with Gasteiger partial charge in [-0.2, -0.15) is 0 Å². The molecule has 0 aliphatic carbocycles. The highest BCUT2D eigenvalue weighted by Crippen LogP contribution is 2.20. The summed E-state index contributed by atoms with van der Waals surface area (Å²) < 4.78 is 10.3. The van der Waals surface area contributed by atoms with Crippen molar-refractivity contribution in [1.29, 1.82) is 0 Å². The van der Waals surface area contributed by atoms with Crippen LogP contribution >= 0.6 is 11.6 Å². The number of hydrogen-bond acceptors (Lipinski definition) is 4. The molecule has 1 aromatic heterocycles. The highest BCUT2D eigenvalue weighted by Gasteiger charge is 2.21. The van der Waals surface area contributed by atoms with Gasteiger partial charge in [0.05, 0.1) is 23.8 Å². The molecule has 0 bridgehead atoms. The third-order valence-corrected chi connectivity index (χ3v) is 2.06. The summed E-state index contributed by atoms with van der Waals surface area (Å²) >= 11 is 5.68. The molecule has 0 atom stereocenters. The molecular formula is C9H8ClNO3. The summed E-state index contributed by atoms with van der Waals surface area (Å²) in [6.07, 6.45) is 2.12. The van der Waals surface area contributed by atoms with Gasteiger partial charge in [-0.25, -0.2) is 4.98 Å². The summed E-state index contributed by atoms with van der Waals surface area (Å²) in [5.74, 6) is 0.317. The maximum Gasteiger partial charge on any atom is 0.224 e. The molecule has 14 heavy (non-hydrogen) atoms. The number of pyridine rings is 1. The van der Waals surface area contributed by atoms with E-state index in [0.717, 1.165) is 0 Å². The maximum atomic E-state index is 10.7. The van der Waals surface area contributed by atoms with Crippen LogP contribution in [0.5, 0.6) is 5.88 Å². The van der Waals surface area contributed by atoms with Gasteiger partial charge in [0.15, 0.2) is 6.29 Å². The van der Waals surface area contributed by atoms with E-state index in [-0.39, 0.29) is 6.10 Å². The van der Waals surface area contributed by atoms with Crippen molar-refractivity contribution in [3.05, 3.63) is 22.8 Å². The van der Waals surface area contributed by atoms with Gasteiger partial charge in [0, 0.05) is 6.20 Å². The van der Waals surface area contributed by atoms with E-state index in [1.54, 1.807) is 0 Å². The van der Waals surface area contributed by atoms with E-state index in [1.165, 1.54) is 12.3 Å². The number of hydrogen-bond donors (Lipinski definition) is 0. The van der Waals surface area contributed by atoms with Crippen molar-refractivity contribution in [1.82, 2.24) is 4.98 Å². The van der Waals surface area contributed by atoms with Crippen molar-refractivity contribution in [3.63, 3.8) is 0 Å². The molecule has 4 nitrogen and oxygen atoms in total. The van der Waals surface area contributed by atoms with Crippen LogP contribution < -0.4 is 4.74 Å². The quantitative estimate of drug-likeness (QED) is 0.711. The molecule has 1 saturated heterocycles. The lowest BCUT2D eigenvalue weighted by atomic mass is 10.3. The predicted octanol–water partition coefficient (Wildman–Crippen LogP) is 1.33. The van der Waals surface area contributed by atoms with Gasteiger partial charge in [0.2, 0.25) is 5.88 Å². The van der Waals surface area contributed by atoms with Gasteiger partial charge in [-0.05, 0) is 6.07 Å². The van der Waals surface area contributed by atoms with Crippen molar-refractivity contribution < 1.29 is 14.3 Å². The fraction of sp³-hybridized carbons (Fsp3) is 0.333. The molecule has 74 valence electrons. The van der Waals surface area contributed by atoms with Crippen molar-refractivity contribution in [2.75, 3.05) is 13.2 Å². The molecule has 0 N–H and O–H groups in total. The molecule has 5 heteroatoms. The summed E-state index contributed by atoms with van der Waals surface area (Å²) in [4.78, 5) is 14.6. The number of carbonyl (C=O) groups is 1. The predicted molar refractivity (Wildman–Crippen MR) is 49.9 cm³/mol. The molecule has 1 aliphatic heterocycles. The Bertz CT molecular complexity index is 352. The lowest BCUT2D eigenvalue weighted by molar-refractivity contribution is -0.0814. The molecule has 1 aromatic rings. The summed E-state index contributed by atoms with van der Waals surface area (Å²) in [7, 11) is 0. The first-order valence-electron chi connectivity index (χ1n) is 4.14. The van der Waals surface area contributed by atoms with Crippen LogP contribution in [0.4, 0.5) is 0 Å². The minimum Gasteiger partial charge on any atom is -0.469 e. The topological polar surface area (TPSA) is 48.4 Å². The Morgan fingerprint density at radius 2 is 2.43 bits per heavy atom. The van der Waals surface area contributed by atoms with Gasteiger partial charge in [-0.15, -0.1) is 0 Å². The minimum atomic E-state index is 0.00220. The second-order valence-corrected chi connectivity index (χ2v) is 3.38. The molecule has 0 amide bonds. The van der Waals surface area contributed by atoms with Crippen molar-refractivity contribution in [2.45, 2.75) is 6.10 Å². The largest absolute Gasteiger partial charge is 0.469 e. The Balaban J connectivity index is 2.18. The summed E-state index contributed by atoms with van der Waals surface area (Å²) in [6, 6.07) is 1.52. The van der Waals surface area contributed by atoms with E-state index in [0.29, 0.717) is 36.0 Å². The van der Waals surface area contributed by atoms with Crippen LogP contribution in [-0.4, -0.2) is 30.6 Å². The normalized spacial score (nSPS) is 16.1. The van der Waals surface area contributed by atoms with Crippen LogP contribution in [0.25, 0.3) is 0 Å². The number of halogens is 1. The Kier molecular flexibility index (Phi) is 2.65. The third kappa shape index (κ3) is 1.86.